The molecule has 0 aliphatic heterocycles. The van der Waals surface area contributed by atoms with E-state index in [4.69, 9.17) is 4.74 Å². The van der Waals surface area contributed by atoms with Crippen LogP contribution in [0.25, 0.3) is 0 Å². The summed E-state index contributed by atoms with van der Waals surface area (Å²) in [6.07, 6.45) is 48.6. The SMILES string of the molecule is CCCCCCCC/C=C\CCCCCCCCN(CCCCCCCC/C=C\CCCCCCCC)CCOCCI. The predicted molar refractivity (Wildman–Crippen MR) is 205 cm³/mol. The van der Waals surface area contributed by atoms with E-state index in [-0.39, 0.29) is 0 Å². The monoisotopic (exact) mass is 716 g/mol. The number of allylic oxidation sites excluding steroid dienone is 4. The molecule has 0 aromatic rings. The molecule has 0 aliphatic carbocycles. The molecule has 0 unspecified atom stereocenters. The molecule has 0 amide bonds. The first-order valence-corrected chi connectivity index (χ1v) is 21.0. The molecule has 0 rings (SSSR count). The molecule has 0 atom stereocenters. The van der Waals surface area contributed by atoms with E-state index in [2.05, 4.69) is 65.6 Å². The lowest BCUT2D eigenvalue weighted by Gasteiger charge is -2.22. The number of halogens is 1. The van der Waals surface area contributed by atoms with Crippen LogP contribution in [0.2, 0.25) is 0 Å². The average Bonchev–Trinajstić information content (AvgIpc) is 3.02. The lowest BCUT2D eigenvalue weighted by Crippen LogP contribution is -2.30. The Hall–Kier alpha value is 0.130. The van der Waals surface area contributed by atoms with Gasteiger partial charge in [-0.3, -0.25) is 0 Å². The van der Waals surface area contributed by atoms with Crippen molar-refractivity contribution in [2.24, 2.45) is 0 Å². The van der Waals surface area contributed by atoms with Crippen molar-refractivity contribution in [3.63, 3.8) is 0 Å². The van der Waals surface area contributed by atoms with Gasteiger partial charge in [0.25, 0.3) is 0 Å². The summed E-state index contributed by atoms with van der Waals surface area (Å²) < 4.78 is 6.92. The first-order valence-electron chi connectivity index (χ1n) is 19.5. The van der Waals surface area contributed by atoms with Gasteiger partial charge in [-0.2, -0.15) is 0 Å². The molecule has 0 saturated heterocycles. The normalized spacial score (nSPS) is 12.1. The van der Waals surface area contributed by atoms with E-state index in [0.29, 0.717) is 0 Å². The molecule has 0 N–H and O–H groups in total. The molecule has 0 aliphatic rings. The molecule has 0 aromatic heterocycles. The molecule has 0 fully saturated rings. The highest BCUT2D eigenvalue weighted by Gasteiger charge is 2.05. The zero-order valence-corrected chi connectivity index (χ0v) is 31.7. The number of nitrogens with zero attached hydrogens (tertiary/aromatic N) is 1. The Bertz CT molecular complexity index is 507. The van der Waals surface area contributed by atoms with E-state index >= 15 is 0 Å². The second-order valence-corrected chi connectivity index (χ2v) is 14.1. The lowest BCUT2D eigenvalue weighted by atomic mass is 10.1. The Morgan fingerprint density at radius 2 is 0.721 bits per heavy atom. The van der Waals surface area contributed by atoms with Crippen LogP contribution in [0.3, 0.4) is 0 Å². The predicted octanol–water partition coefficient (Wildman–Crippen LogP) is 13.8. The highest BCUT2D eigenvalue weighted by molar-refractivity contribution is 14.1. The number of hydrogen-bond donors (Lipinski definition) is 0. The maximum absolute atomic E-state index is 5.82. The van der Waals surface area contributed by atoms with Gasteiger partial charge in [-0.15, -0.1) is 0 Å². The van der Waals surface area contributed by atoms with Crippen LogP contribution in [0.1, 0.15) is 194 Å². The molecule has 0 saturated carbocycles. The number of alkyl halides is 1. The van der Waals surface area contributed by atoms with Gasteiger partial charge in [0.1, 0.15) is 0 Å². The summed E-state index contributed by atoms with van der Waals surface area (Å²) in [5.41, 5.74) is 0. The van der Waals surface area contributed by atoms with Gasteiger partial charge in [0.15, 0.2) is 0 Å². The van der Waals surface area contributed by atoms with Crippen molar-refractivity contribution in [2.45, 2.75) is 194 Å². The third-order valence-electron chi connectivity index (χ3n) is 8.75. The minimum absolute atomic E-state index is 0.900. The van der Waals surface area contributed by atoms with Gasteiger partial charge in [-0.05, 0) is 77.3 Å². The van der Waals surface area contributed by atoms with E-state index < -0.39 is 0 Å². The Kier molecular flexibility index (Phi) is 40.3. The van der Waals surface area contributed by atoms with E-state index in [1.807, 2.05) is 0 Å². The summed E-state index contributed by atoms with van der Waals surface area (Å²) in [5, 5.41) is 0. The first-order chi connectivity index (χ1) is 21.3. The third-order valence-corrected chi connectivity index (χ3v) is 9.19. The Labute approximate surface area is 286 Å². The zero-order chi connectivity index (χ0) is 31.2. The molecule has 0 aromatic carbocycles. The fourth-order valence-electron chi connectivity index (χ4n) is 5.85. The Morgan fingerprint density at radius 1 is 0.395 bits per heavy atom. The van der Waals surface area contributed by atoms with Gasteiger partial charge < -0.3 is 9.64 Å². The minimum Gasteiger partial charge on any atom is -0.379 e. The van der Waals surface area contributed by atoms with Crippen molar-refractivity contribution in [3.05, 3.63) is 24.3 Å². The van der Waals surface area contributed by atoms with Crippen molar-refractivity contribution < 1.29 is 4.74 Å². The second-order valence-electron chi connectivity index (χ2n) is 13.0. The summed E-state index contributed by atoms with van der Waals surface area (Å²) >= 11 is 2.41. The van der Waals surface area contributed by atoms with Crippen molar-refractivity contribution in [3.8, 4) is 0 Å². The van der Waals surface area contributed by atoms with Crippen LogP contribution >= 0.6 is 22.6 Å². The summed E-state index contributed by atoms with van der Waals surface area (Å²) in [6.45, 7) is 10.0. The van der Waals surface area contributed by atoms with Gasteiger partial charge >= 0.3 is 0 Å². The molecule has 0 spiro atoms. The molecule has 256 valence electrons. The van der Waals surface area contributed by atoms with Crippen LogP contribution in [0.15, 0.2) is 24.3 Å². The van der Waals surface area contributed by atoms with Crippen LogP contribution in [0, 0.1) is 0 Å². The summed E-state index contributed by atoms with van der Waals surface area (Å²) in [6, 6.07) is 0. The third kappa shape index (κ3) is 38.2. The second kappa shape index (κ2) is 40.2. The maximum atomic E-state index is 5.82. The topological polar surface area (TPSA) is 12.5 Å². The summed E-state index contributed by atoms with van der Waals surface area (Å²) in [4.78, 5) is 2.69. The van der Waals surface area contributed by atoms with Crippen LogP contribution in [-0.2, 0) is 4.74 Å². The van der Waals surface area contributed by atoms with Crippen molar-refractivity contribution >= 4 is 22.6 Å². The molecule has 3 heteroatoms. The zero-order valence-electron chi connectivity index (χ0n) is 29.6. The van der Waals surface area contributed by atoms with E-state index in [0.717, 1.165) is 24.2 Å². The van der Waals surface area contributed by atoms with Gasteiger partial charge in [-0.25, -0.2) is 0 Å². The lowest BCUT2D eigenvalue weighted by molar-refractivity contribution is 0.114. The first kappa shape index (κ1) is 43.1. The largest absolute Gasteiger partial charge is 0.379 e. The molecule has 0 heterocycles. The number of unbranched alkanes of at least 4 members (excludes halogenated alkanes) is 24. The van der Waals surface area contributed by atoms with Crippen molar-refractivity contribution in [1.82, 2.24) is 4.90 Å². The summed E-state index contributed by atoms with van der Waals surface area (Å²) in [7, 11) is 0. The molecular weight excluding hydrogens is 637 g/mol. The van der Waals surface area contributed by atoms with E-state index in [1.165, 1.54) is 193 Å². The minimum atomic E-state index is 0.900. The van der Waals surface area contributed by atoms with Gasteiger partial charge in [0.05, 0.1) is 13.2 Å². The number of hydrogen-bond acceptors (Lipinski definition) is 2. The number of rotatable bonds is 37. The average molecular weight is 716 g/mol. The Morgan fingerprint density at radius 3 is 1.07 bits per heavy atom. The van der Waals surface area contributed by atoms with Crippen LogP contribution in [-0.4, -0.2) is 42.2 Å². The molecule has 0 bridgehead atoms. The quantitative estimate of drug-likeness (QED) is 0.0275. The standard InChI is InChI=1S/C40H78INO/c1-3-5-7-9-11-13-15-17-19-21-23-25-27-29-31-33-36-42(38-40-43-39-35-41)37-34-32-30-28-26-24-22-20-18-16-14-12-10-8-6-4-2/h17-20H,3-16,21-40H2,1-2H3/b19-17-,20-18-. The molecule has 43 heavy (non-hydrogen) atoms. The van der Waals surface area contributed by atoms with Crippen molar-refractivity contribution in [2.75, 3.05) is 37.3 Å². The van der Waals surface area contributed by atoms with Gasteiger partial charge in [0, 0.05) is 11.0 Å². The van der Waals surface area contributed by atoms with Crippen LogP contribution in [0.4, 0.5) is 0 Å². The van der Waals surface area contributed by atoms with Crippen LogP contribution < -0.4 is 0 Å². The molecular formula is C40H78INO. The van der Waals surface area contributed by atoms with Crippen molar-refractivity contribution in [1.29, 1.82) is 0 Å². The summed E-state index contributed by atoms with van der Waals surface area (Å²) in [5.74, 6) is 0. The van der Waals surface area contributed by atoms with Gasteiger partial charge in [-0.1, -0.05) is 176 Å². The van der Waals surface area contributed by atoms with E-state index in [1.54, 1.807) is 0 Å². The molecule has 0 radical (unpaired) electrons. The molecule has 2 nitrogen and oxygen atoms in total. The highest BCUT2D eigenvalue weighted by atomic mass is 127. The fraction of sp³-hybridized carbons (Fsp3) is 0.900. The van der Waals surface area contributed by atoms with Crippen LogP contribution in [0.5, 0.6) is 0 Å². The fourth-order valence-corrected chi connectivity index (χ4v) is 6.16. The van der Waals surface area contributed by atoms with E-state index in [9.17, 15) is 0 Å². The van der Waals surface area contributed by atoms with Gasteiger partial charge in [0.2, 0.25) is 0 Å². The highest BCUT2D eigenvalue weighted by Crippen LogP contribution is 2.13. The number of ether oxygens (including phenoxy) is 1. The Balaban J connectivity index is 3.69. The smallest absolute Gasteiger partial charge is 0.0593 e. The maximum Gasteiger partial charge on any atom is 0.0593 e.